The molecule has 1 heterocycles. The van der Waals surface area contributed by atoms with Crippen molar-refractivity contribution in [2.24, 2.45) is 5.16 Å². The third-order valence-corrected chi connectivity index (χ3v) is 4.59. The van der Waals surface area contributed by atoms with Gasteiger partial charge in [-0.05, 0) is 35.9 Å². The number of hydrogen-bond acceptors (Lipinski definition) is 4. The van der Waals surface area contributed by atoms with Gasteiger partial charge in [0.05, 0.1) is 5.71 Å². The molecule has 1 atom stereocenters. The molecule has 1 aliphatic rings. The van der Waals surface area contributed by atoms with Crippen LogP contribution in [0.25, 0.3) is 0 Å². The van der Waals surface area contributed by atoms with Gasteiger partial charge in [-0.3, -0.25) is 0 Å². The Bertz CT molecular complexity index is 944. The summed E-state index contributed by atoms with van der Waals surface area (Å²) >= 11 is 5.99. The van der Waals surface area contributed by atoms with E-state index in [1.165, 1.54) is 0 Å². The summed E-state index contributed by atoms with van der Waals surface area (Å²) < 4.78 is 6.17. The van der Waals surface area contributed by atoms with Crippen LogP contribution in [0.1, 0.15) is 23.7 Å². The first-order valence-corrected chi connectivity index (χ1v) is 9.17. The zero-order valence-corrected chi connectivity index (χ0v) is 15.4. The molecule has 136 valence electrons. The van der Waals surface area contributed by atoms with Crippen LogP contribution >= 0.6 is 11.6 Å². The lowest BCUT2D eigenvalue weighted by atomic mass is 9.96. The predicted molar refractivity (Wildman–Crippen MR) is 108 cm³/mol. The van der Waals surface area contributed by atoms with E-state index in [1.807, 2.05) is 66.7 Å². The Kier molecular flexibility index (Phi) is 5.26. The van der Waals surface area contributed by atoms with Gasteiger partial charge in [-0.2, -0.15) is 0 Å². The number of ether oxygens (including phenoxy) is 1. The molecule has 3 aromatic rings. The molecule has 0 aromatic heterocycles. The molecular formula is C22H19ClN2O2. The molecule has 27 heavy (non-hydrogen) atoms. The fraction of sp³-hybridized carbons (Fsp3) is 0.136. The van der Waals surface area contributed by atoms with Crippen LogP contribution in [0.5, 0.6) is 5.75 Å². The predicted octanol–water partition coefficient (Wildman–Crippen LogP) is 5.65. The topological polar surface area (TPSA) is 42.8 Å². The number of fused-ring (bicyclic) bond motifs is 1. The summed E-state index contributed by atoms with van der Waals surface area (Å²) in [4.78, 5) is 5.54. The number of rotatable bonds is 5. The first-order valence-electron chi connectivity index (χ1n) is 8.79. The van der Waals surface area contributed by atoms with Gasteiger partial charge in [0.2, 0.25) is 0 Å². The molecule has 0 saturated heterocycles. The second-order valence-electron chi connectivity index (χ2n) is 6.22. The van der Waals surface area contributed by atoms with Crippen molar-refractivity contribution in [2.45, 2.75) is 12.5 Å². The SMILES string of the molecule is Clc1cccc(NCO/N=C2/CC(c3ccccc3)Oc3ccccc32)c1. The largest absolute Gasteiger partial charge is 0.485 e. The van der Waals surface area contributed by atoms with E-state index in [0.29, 0.717) is 11.4 Å². The van der Waals surface area contributed by atoms with Gasteiger partial charge in [0, 0.05) is 22.7 Å². The number of oxime groups is 1. The smallest absolute Gasteiger partial charge is 0.187 e. The van der Waals surface area contributed by atoms with Gasteiger partial charge in [0.1, 0.15) is 11.9 Å². The van der Waals surface area contributed by atoms with Gasteiger partial charge < -0.3 is 14.9 Å². The monoisotopic (exact) mass is 378 g/mol. The number of nitrogens with zero attached hydrogens (tertiary/aromatic N) is 1. The second kappa shape index (κ2) is 8.14. The van der Waals surface area contributed by atoms with Crippen molar-refractivity contribution < 1.29 is 9.57 Å². The molecular weight excluding hydrogens is 360 g/mol. The molecule has 0 amide bonds. The molecule has 0 radical (unpaired) electrons. The van der Waals surface area contributed by atoms with Crippen molar-refractivity contribution in [3.05, 3.63) is 95.0 Å². The summed E-state index contributed by atoms with van der Waals surface area (Å²) in [6, 6.07) is 25.6. The lowest BCUT2D eigenvalue weighted by Crippen LogP contribution is -2.21. The molecule has 4 rings (SSSR count). The van der Waals surface area contributed by atoms with Crippen LogP contribution in [0.15, 0.2) is 84.0 Å². The summed E-state index contributed by atoms with van der Waals surface area (Å²) in [5.41, 5.74) is 3.85. The van der Waals surface area contributed by atoms with Gasteiger partial charge in [-0.15, -0.1) is 0 Å². The quantitative estimate of drug-likeness (QED) is 0.354. The first-order chi connectivity index (χ1) is 13.3. The van der Waals surface area contributed by atoms with Crippen molar-refractivity contribution in [1.29, 1.82) is 0 Å². The minimum Gasteiger partial charge on any atom is -0.485 e. The Labute approximate surface area is 163 Å². The Morgan fingerprint density at radius 3 is 2.67 bits per heavy atom. The third kappa shape index (κ3) is 4.23. The van der Waals surface area contributed by atoms with Crippen LogP contribution in [-0.4, -0.2) is 12.4 Å². The average Bonchev–Trinajstić information content (AvgIpc) is 2.71. The van der Waals surface area contributed by atoms with Crippen LogP contribution < -0.4 is 10.1 Å². The van der Waals surface area contributed by atoms with Crippen LogP contribution in [0.3, 0.4) is 0 Å². The van der Waals surface area contributed by atoms with Gasteiger partial charge in [0.15, 0.2) is 6.73 Å². The number of hydrogen-bond donors (Lipinski definition) is 1. The number of para-hydroxylation sites is 1. The second-order valence-corrected chi connectivity index (χ2v) is 6.65. The highest BCUT2D eigenvalue weighted by molar-refractivity contribution is 6.30. The summed E-state index contributed by atoms with van der Waals surface area (Å²) in [7, 11) is 0. The van der Waals surface area contributed by atoms with Crippen LogP contribution in [0, 0.1) is 0 Å². The summed E-state index contributed by atoms with van der Waals surface area (Å²) in [6.07, 6.45) is 0.572. The number of halogens is 1. The molecule has 1 aliphatic heterocycles. The van der Waals surface area contributed by atoms with Gasteiger partial charge in [0.25, 0.3) is 0 Å². The van der Waals surface area contributed by atoms with Gasteiger partial charge in [-0.25, -0.2) is 0 Å². The van der Waals surface area contributed by atoms with E-state index >= 15 is 0 Å². The van der Waals surface area contributed by atoms with E-state index in [1.54, 1.807) is 0 Å². The normalized spacial score (nSPS) is 17.1. The van der Waals surface area contributed by atoms with E-state index < -0.39 is 0 Å². The number of benzene rings is 3. The highest BCUT2D eigenvalue weighted by Crippen LogP contribution is 2.35. The molecule has 3 aromatic carbocycles. The number of anilines is 1. The molecule has 4 nitrogen and oxygen atoms in total. The van der Waals surface area contributed by atoms with Crippen molar-refractivity contribution >= 4 is 23.0 Å². The van der Waals surface area contributed by atoms with Crippen molar-refractivity contribution in [3.8, 4) is 5.75 Å². The summed E-state index contributed by atoms with van der Waals surface area (Å²) in [5.74, 6) is 0.822. The molecule has 0 aliphatic carbocycles. The Morgan fingerprint density at radius 2 is 1.81 bits per heavy atom. The summed E-state index contributed by atoms with van der Waals surface area (Å²) in [6.45, 7) is 0.253. The molecule has 5 heteroatoms. The number of nitrogens with one attached hydrogen (secondary N) is 1. The fourth-order valence-corrected chi connectivity index (χ4v) is 3.24. The van der Waals surface area contributed by atoms with Crippen LogP contribution in [0.2, 0.25) is 5.02 Å². The zero-order chi connectivity index (χ0) is 18.5. The van der Waals surface area contributed by atoms with Gasteiger partial charge in [-0.1, -0.05) is 65.3 Å². The maximum atomic E-state index is 6.17. The molecule has 0 spiro atoms. The van der Waals surface area contributed by atoms with Gasteiger partial charge >= 0.3 is 0 Å². The van der Waals surface area contributed by atoms with E-state index in [4.69, 9.17) is 21.2 Å². The van der Waals surface area contributed by atoms with E-state index in [0.717, 1.165) is 28.3 Å². The fourth-order valence-electron chi connectivity index (χ4n) is 3.05. The maximum absolute atomic E-state index is 6.17. The minimum atomic E-state index is -0.0793. The maximum Gasteiger partial charge on any atom is 0.187 e. The Morgan fingerprint density at radius 1 is 1.00 bits per heavy atom. The average molecular weight is 379 g/mol. The molecule has 0 fully saturated rings. The molecule has 1 N–H and O–H groups in total. The first kappa shape index (κ1) is 17.4. The highest BCUT2D eigenvalue weighted by atomic mass is 35.5. The van der Waals surface area contributed by atoms with E-state index in [2.05, 4.69) is 22.6 Å². The molecule has 1 unspecified atom stereocenters. The lowest BCUT2D eigenvalue weighted by Gasteiger charge is -2.27. The lowest BCUT2D eigenvalue weighted by molar-refractivity contribution is 0.157. The summed E-state index contributed by atoms with van der Waals surface area (Å²) in [5, 5.41) is 8.20. The van der Waals surface area contributed by atoms with E-state index in [9.17, 15) is 0 Å². The Hall–Kier alpha value is -2.98. The molecule has 0 saturated carbocycles. The van der Waals surface area contributed by atoms with Crippen LogP contribution in [0.4, 0.5) is 5.69 Å². The minimum absolute atomic E-state index is 0.0793. The highest BCUT2D eigenvalue weighted by Gasteiger charge is 2.26. The van der Waals surface area contributed by atoms with E-state index in [-0.39, 0.29) is 12.8 Å². The molecule has 0 bridgehead atoms. The standard InChI is InChI=1S/C22H19ClN2O2/c23-17-9-6-10-18(13-17)24-15-26-25-20-14-22(16-7-2-1-3-8-16)27-21-12-5-4-11-19(20)21/h1-13,22,24H,14-15H2/b25-20-. The van der Waals surface area contributed by atoms with Crippen molar-refractivity contribution in [1.82, 2.24) is 0 Å². The van der Waals surface area contributed by atoms with Crippen molar-refractivity contribution in [2.75, 3.05) is 12.0 Å². The Balaban J connectivity index is 1.49. The van der Waals surface area contributed by atoms with Crippen molar-refractivity contribution in [3.63, 3.8) is 0 Å². The third-order valence-electron chi connectivity index (χ3n) is 4.36. The zero-order valence-electron chi connectivity index (χ0n) is 14.6. The van der Waals surface area contributed by atoms with Crippen LogP contribution in [-0.2, 0) is 4.84 Å².